The fourth-order valence-corrected chi connectivity index (χ4v) is 5.75. The number of likely N-dealkylation sites (tertiary alicyclic amines) is 1. The van der Waals surface area contributed by atoms with E-state index in [2.05, 4.69) is 24.3 Å². The van der Waals surface area contributed by atoms with Crippen LogP contribution >= 0.6 is 21.6 Å². The third-order valence-electron chi connectivity index (χ3n) is 5.47. The number of nitrogens with zero attached hydrogens (tertiary/aromatic N) is 2. The van der Waals surface area contributed by atoms with Crippen LogP contribution in [0.5, 0.6) is 11.5 Å². The number of phenols is 2. The number of aromatic hydroxyl groups is 2. The minimum atomic E-state index is -0.293. The van der Waals surface area contributed by atoms with Crippen LogP contribution in [0.15, 0.2) is 30.3 Å². The molecule has 0 bridgehead atoms. The quantitative estimate of drug-likeness (QED) is 0.377. The molecule has 0 aliphatic carbocycles. The second-order valence-corrected chi connectivity index (χ2v) is 10.9. The Hall–Kier alpha value is -2.10. The molecule has 1 fully saturated rings. The predicted octanol–water partition coefficient (Wildman–Crippen LogP) is 3.16. The molecule has 7 nitrogen and oxygen atoms in total. The Labute approximate surface area is 196 Å². The topological polar surface area (TPSA) is 93.1 Å². The molecule has 3 N–H and O–H groups in total. The molecule has 0 unspecified atom stereocenters. The van der Waals surface area contributed by atoms with Crippen LogP contribution in [0.1, 0.15) is 23.2 Å². The zero-order valence-corrected chi connectivity index (χ0v) is 20.2. The molecule has 9 heteroatoms. The Morgan fingerprint density at radius 3 is 2.72 bits per heavy atom. The highest BCUT2D eigenvalue weighted by atomic mass is 33.1. The standard InChI is InChI=1S/C23H31N3O4S2/c1-25(2)10-12-32-31-11-8-24-22(29)17-6-4-9-26(15-17)23(30)19-13-16-5-3-7-20(27)18(16)14-21(19)28/h3,5,7,13-14,17,27-28H,4,6,8-12,15H2,1-2H3,(H,24,29)/t17-/m0/s1. The fourth-order valence-electron chi connectivity index (χ4n) is 3.71. The van der Waals surface area contributed by atoms with E-state index in [0.29, 0.717) is 30.4 Å². The van der Waals surface area contributed by atoms with Crippen molar-refractivity contribution in [3.8, 4) is 11.5 Å². The van der Waals surface area contributed by atoms with Crippen molar-refractivity contribution in [2.75, 3.05) is 51.8 Å². The van der Waals surface area contributed by atoms with Gasteiger partial charge in [0, 0.05) is 43.1 Å². The lowest BCUT2D eigenvalue weighted by Crippen LogP contribution is -2.45. The van der Waals surface area contributed by atoms with Gasteiger partial charge in [-0.05, 0) is 50.5 Å². The van der Waals surface area contributed by atoms with Crippen molar-refractivity contribution < 1.29 is 19.8 Å². The van der Waals surface area contributed by atoms with Crippen LogP contribution < -0.4 is 5.32 Å². The summed E-state index contributed by atoms with van der Waals surface area (Å²) >= 11 is 0. The van der Waals surface area contributed by atoms with E-state index in [4.69, 9.17) is 0 Å². The van der Waals surface area contributed by atoms with Crippen LogP contribution in [0.25, 0.3) is 10.8 Å². The SMILES string of the molecule is CN(C)CCSSCCNC(=O)[C@H]1CCCN(C(=O)c2cc3cccc(O)c3cc2O)C1. The van der Waals surface area contributed by atoms with Crippen LogP contribution in [0, 0.1) is 5.92 Å². The van der Waals surface area contributed by atoms with Crippen molar-refractivity contribution >= 4 is 44.2 Å². The molecule has 32 heavy (non-hydrogen) atoms. The average Bonchev–Trinajstić information content (AvgIpc) is 2.78. The summed E-state index contributed by atoms with van der Waals surface area (Å²) in [5, 5.41) is 24.5. The molecule has 2 aromatic rings. The van der Waals surface area contributed by atoms with Crippen molar-refractivity contribution in [3.05, 3.63) is 35.9 Å². The van der Waals surface area contributed by atoms with Gasteiger partial charge < -0.3 is 25.3 Å². The predicted molar refractivity (Wildman–Crippen MR) is 132 cm³/mol. The minimum absolute atomic E-state index is 0.0194. The number of rotatable bonds is 9. The van der Waals surface area contributed by atoms with Gasteiger partial charge in [-0.15, -0.1) is 0 Å². The largest absolute Gasteiger partial charge is 0.507 e. The number of benzene rings is 2. The molecule has 1 atom stereocenters. The normalized spacial score (nSPS) is 16.5. The second-order valence-electron chi connectivity index (χ2n) is 8.20. The van der Waals surface area contributed by atoms with Gasteiger partial charge >= 0.3 is 0 Å². The molecule has 1 heterocycles. The lowest BCUT2D eigenvalue weighted by atomic mass is 9.96. The van der Waals surface area contributed by atoms with Crippen molar-refractivity contribution in [3.63, 3.8) is 0 Å². The van der Waals surface area contributed by atoms with Crippen molar-refractivity contribution in [1.29, 1.82) is 0 Å². The molecule has 174 valence electrons. The van der Waals surface area contributed by atoms with E-state index in [-0.39, 0.29) is 34.8 Å². The lowest BCUT2D eigenvalue weighted by Gasteiger charge is -2.32. The summed E-state index contributed by atoms with van der Waals surface area (Å²) < 4.78 is 0. The molecule has 0 aromatic heterocycles. The zero-order valence-electron chi connectivity index (χ0n) is 18.5. The van der Waals surface area contributed by atoms with E-state index in [1.54, 1.807) is 44.7 Å². The highest BCUT2D eigenvalue weighted by Crippen LogP contribution is 2.32. The van der Waals surface area contributed by atoms with Crippen LogP contribution in [-0.2, 0) is 4.79 Å². The number of carbonyl (C=O) groups is 2. The van der Waals surface area contributed by atoms with Crippen LogP contribution in [0.3, 0.4) is 0 Å². The van der Waals surface area contributed by atoms with Gasteiger partial charge in [-0.3, -0.25) is 9.59 Å². The van der Waals surface area contributed by atoms with Crippen LogP contribution in [-0.4, -0.2) is 83.6 Å². The number of phenolic OH excluding ortho intramolecular Hbond substituents is 2. The van der Waals surface area contributed by atoms with Gasteiger partial charge in [0.05, 0.1) is 11.5 Å². The summed E-state index contributed by atoms with van der Waals surface area (Å²) in [5.41, 5.74) is 0.190. The van der Waals surface area contributed by atoms with E-state index >= 15 is 0 Å². The molecule has 0 saturated carbocycles. The van der Waals surface area contributed by atoms with E-state index in [9.17, 15) is 19.8 Å². The highest BCUT2D eigenvalue weighted by Gasteiger charge is 2.30. The molecular weight excluding hydrogens is 446 g/mol. The van der Waals surface area contributed by atoms with Gasteiger partial charge in [-0.1, -0.05) is 33.7 Å². The van der Waals surface area contributed by atoms with Crippen LogP contribution in [0.2, 0.25) is 0 Å². The smallest absolute Gasteiger partial charge is 0.257 e. The van der Waals surface area contributed by atoms with Gasteiger partial charge in [0.1, 0.15) is 11.5 Å². The maximum Gasteiger partial charge on any atom is 0.257 e. The van der Waals surface area contributed by atoms with Crippen molar-refractivity contribution in [2.24, 2.45) is 5.92 Å². The number of fused-ring (bicyclic) bond motifs is 1. The van der Waals surface area contributed by atoms with Crippen molar-refractivity contribution in [2.45, 2.75) is 12.8 Å². The monoisotopic (exact) mass is 477 g/mol. The average molecular weight is 478 g/mol. The summed E-state index contributed by atoms with van der Waals surface area (Å²) in [5.74, 6) is 1.22. The number of piperidine rings is 1. The summed E-state index contributed by atoms with van der Waals surface area (Å²) in [6, 6.07) is 8.04. The first-order chi connectivity index (χ1) is 15.4. The fraction of sp³-hybridized carbons (Fsp3) is 0.478. The van der Waals surface area contributed by atoms with Gasteiger partial charge in [0.25, 0.3) is 5.91 Å². The third kappa shape index (κ3) is 6.46. The first kappa shape index (κ1) is 24.5. The molecule has 2 amide bonds. The first-order valence-corrected chi connectivity index (χ1v) is 13.3. The Morgan fingerprint density at radius 1 is 1.16 bits per heavy atom. The van der Waals surface area contributed by atoms with Gasteiger partial charge in [0.15, 0.2) is 0 Å². The Morgan fingerprint density at radius 2 is 1.94 bits per heavy atom. The summed E-state index contributed by atoms with van der Waals surface area (Å²) in [6.07, 6.45) is 1.49. The van der Waals surface area contributed by atoms with Gasteiger partial charge in [0.2, 0.25) is 5.91 Å². The number of hydrogen-bond acceptors (Lipinski definition) is 7. The Kier molecular flexibility index (Phi) is 8.95. The molecule has 1 saturated heterocycles. The van der Waals surface area contributed by atoms with E-state index < -0.39 is 0 Å². The molecular formula is C23H31N3O4S2. The highest BCUT2D eigenvalue weighted by molar-refractivity contribution is 8.76. The molecule has 1 aliphatic rings. The molecule has 0 spiro atoms. The Bertz CT molecular complexity index is 954. The number of nitrogens with one attached hydrogen (secondary N) is 1. The third-order valence-corrected chi connectivity index (χ3v) is 7.86. The van der Waals surface area contributed by atoms with Crippen molar-refractivity contribution in [1.82, 2.24) is 15.1 Å². The van der Waals surface area contributed by atoms with Gasteiger partial charge in [-0.25, -0.2) is 0 Å². The summed E-state index contributed by atoms with van der Waals surface area (Å²) in [7, 11) is 7.66. The number of amides is 2. The minimum Gasteiger partial charge on any atom is -0.507 e. The maximum absolute atomic E-state index is 13.1. The first-order valence-electron chi connectivity index (χ1n) is 10.8. The second kappa shape index (κ2) is 11.7. The zero-order chi connectivity index (χ0) is 23.1. The number of carbonyl (C=O) groups excluding carboxylic acids is 2. The summed E-state index contributed by atoms with van der Waals surface area (Å²) in [6.45, 7) is 2.53. The Balaban J connectivity index is 1.53. The molecule has 2 aromatic carbocycles. The van der Waals surface area contributed by atoms with E-state index in [0.717, 1.165) is 30.9 Å². The molecule has 3 rings (SSSR count). The molecule has 1 aliphatic heterocycles. The summed E-state index contributed by atoms with van der Waals surface area (Å²) in [4.78, 5) is 29.5. The van der Waals surface area contributed by atoms with Crippen LogP contribution in [0.4, 0.5) is 0 Å². The molecule has 0 radical (unpaired) electrons. The maximum atomic E-state index is 13.1. The number of hydrogen-bond donors (Lipinski definition) is 3. The van der Waals surface area contributed by atoms with E-state index in [1.807, 2.05) is 0 Å². The lowest BCUT2D eigenvalue weighted by molar-refractivity contribution is -0.126. The van der Waals surface area contributed by atoms with Gasteiger partial charge in [-0.2, -0.15) is 0 Å². The van der Waals surface area contributed by atoms with E-state index in [1.165, 1.54) is 12.1 Å².